The van der Waals surface area contributed by atoms with Gasteiger partial charge in [0.05, 0.1) is 5.56 Å². The fraction of sp³-hybridized carbons (Fsp3) is 0.133. The molecule has 0 heterocycles. The van der Waals surface area contributed by atoms with E-state index in [2.05, 4.69) is 15.9 Å². The zero-order valence-electron chi connectivity index (χ0n) is 10.4. The molecule has 0 saturated heterocycles. The third-order valence-corrected chi connectivity index (χ3v) is 3.51. The van der Waals surface area contributed by atoms with Crippen molar-refractivity contribution in [2.75, 3.05) is 0 Å². The van der Waals surface area contributed by atoms with Crippen LogP contribution in [0.15, 0.2) is 46.9 Å². The number of carbonyl (C=O) groups is 1. The summed E-state index contributed by atoms with van der Waals surface area (Å²) >= 11 is 3.36. The van der Waals surface area contributed by atoms with Gasteiger partial charge in [-0.2, -0.15) is 0 Å². The number of carboxylic acid groups (broad SMARTS) is 1. The lowest BCUT2D eigenvalue weighted by atomic mass is 10.1. The van der Waals surface area contributed by atoms with Crippen molar-refractivity contribution < 1.29 is 14.6 Å². The van der Waals surface area contributed by atoms with E-state index >= 15 is 0 Å². The number of carboxylic acids is 1. The summed E-state index contributed by atoms with van der Waals surface area (Å²) in [5.41, 5.74) is 2.24. The Balaban J connectivity index is 2.12. The molecule has 0 bridgehead atoms. The third-order valence-electron chi connectivity index (χ3n) is 2.78. The molecule has 0 aromatic heterocycles. The minimum Gasteiger partial charge on any atom is -0.489 e. The van der Waals surface area contributed by atoms with E-state index in [-0.39, 0.29) is 5.56 Å². The maximum absolute atomic E-state index is 10.8. The standard InChI is InChI=1S/C15H13BrO3/c1-10-4-2-3-5-14(10)19-9-12-7-6-11(15(17)18)8-13(12)16/h2-8H,9H2,1H3,(H,17,18). The second kappa shape index (κ2) is 5.89. The van der Waals surface area contributed by atoms with E-state index < -0.39 is 5.97 Å². The van der Waals surface area contributed by atoms with E-state index in [4.69, 9.17) is 9.84 Å². The van der Waals surface area contributed by atoms with Crippen molar-refractivity contribution in [1.29, 1.82) is 0 Å². The smallest absolute Gasteiger partial charge is 0.335 e. The van der Waals surface area contributed by atoms with Crippen molar-refractivity contribution in [2.24, 2.45) is 0 Å². The summed E-state index contributed by atoms with van der Waals surface area (Å²) in [4.78, 5) is 10.8. The van der Waals surface area contributed by atoms with Crippen LogP contribution in [-0.2, 0) is 6.61 Å². The first kappa shape index (κ1) is 13.6. The van der Waals surface area contributed by atoms with Gasteiger partial charge in [0, 0.05) is 10.0 Å². The number of para-hydroxylation sites is 1. The molecular formula is C15H13BrO3. The molecule has 0 saturated carbocycles. The van der Waals surface area contributed by atoms with Gasteiger partial charge in [0.2, 0.25) is 0 Å². The highest BCUT2D eigenvalue weighted by Crippen LogP contribution is 2.22. The molecule has 0 aliphatic carbocycles. The average molecular weight is 321 g/mol. The molecule has 2 aromatic rings. The molecule has 19 heavy (non-hydrogen) atoms. The predicted molar refractivity (Wildman–Crippen MR) is 76.6 cm³/mol. The van der Waals surface area contributed by atoms with Gasteiger partial charge in [-0.1, -0.05) is 40.2 Å². The minimum absolute atomic E-state index is 0.256. The first-order valence-corrected chi connectivity index (χ1v) is 6.57. The van der Waals surface area contributed by atoms with Gasteiger partial charge >= 0.3 is 5.97 Å². The van der Waals surface area contributed by atoms with Gasteiger partial charge in [-0.05, 0) is 30.7 Å². The molecule has 0 aliphatic rings. The Hall–Kier alpha value is -1.81. The lowest BCUT2D eigenvalue weighted by Crippen LogP contribution is -2.01. The van der Waals surface area contributed by atoms with Crippen LogP contribution < -0.4 is 4.74 Å². The van der Waals surface area contributed by atoms with Crippen molar-refractivity contribution in [3.63, 3.8) is 0 Å². The van der Waals surface area contributed by atoms with Gasteiger partial charge in [0.25, 0.3) is 0 Å². The van der Waals surface area contributed by atoms with E-state index in [9.17, 15) is 4.79 Å². The zero-order chi connectivity index (χ0) is 13.8. The van der Waals surface area contributed by atoms with E-state index in [1.807, 2.05) is 31.2 Å². The maximum Gasteiger partial charge on any atom is 0.335 e. The van der Waals surface area contributed by atoms with Crippen molar-refractivity contribution in [3.8, 4) is 5.75 Å². The molecule has 3 nitrogen and oxygen atoms in total. The van der Waals surface area contributed by atoms with E-state index in [1.54, 1.807) is 18.2 Å². The van der Waals surface area contributed by atoms with Crippen LogP contribution in [0.5, 0.6) is 5.75 Å². The second-order valence-electron chi connectivity index (χ2n) is 4.17. The molecular weight excluding hydrogens is 308 g/mol. The van der Waals surface area contributed by atoms with Gasteiger partial charge in [0.1, 0.15) is 12.4 Å². The fourth-order valence-corrected chi connectivity index (χ4v) is 2.16. The topological polar surface area (TPSA) is 46.5 Å². The lowest BCUT2D eigenvalue weighted by molar-refractivity contribution is 0.0696. The highest BCUT2D eigenvalue weighted by Gasteiger charge is 2.07. The summed E-state index contributed by atoms with van der Waals surface area (Å²) in [6.45, 7) is 2.38. The fourth-order valence-electron chi connectivity index (χ4n) is 1.67. The quantitative estimate of drug-likeness (QED) is 0.924. The van der Waals surface area contributed by atoms with E-state index in [0.717, 1.165) is 21.3 Å². The van der Waals surface area contributed by atoms with Crippen LogP contribution in [-0.4, -0.2) is 11.1 Å². The van der Waals surface area contributed by atoms with E-state index in [0.29, 0.717) is 6.61 Å². The Bertz CT molecular complexity index is 608. The molecule has 0 amide bonds. The van der Waals surface area contributed by atoms with E-state index in [1.165, 1.54) is 0 Å². The summed E-state index contributed by atoms with van der Waals surface area (Å²) in [5, 5.41) is 8.89. The number of rotatable bonds is 4. The zero-order valence-corrected chi connectivity index (χ0v) is 12.0. The molecule has 2 aromatic carbocycles. The number of benzene rings is 2. The number of aromatic carboxylic acids is 1. The summed E-state index contributed by atoms with van der Waals surface area (Å²) in [7, 11) is 0. The average Bonchev–Trinajstić information content (AvgIpc) is 2.39. The van der Waals surface area contributed by atoms with Crippen LogP contribution in [0.4, 0.5) is 0 Å². The highest BCUT2D eigenvalue weighted by molar-refractivity contribution is 9.10. The molecule has 98 valence electrons. The van der Waals surface area contributed by atoms with Gasteiger partial charge in [-0.15, -0.1) is 0 Å². The normalized spacial score (nSPS) is 10.2. The molecule has 0 spiro atoms. The lowest BCUT2D eigenvalue weighted by Gasteiger charge is -2.10. The van der Waals surface area contributed by atoms with Crippen molar-refractivity contribution in [1.82, 2.24) is 0 Å². The van der Waals surface area contributed by atoms with Crippen LogP contribution in [0.3, 0.4) is 0 Å². The van der Waals surface area contributed by atoms with Crippen LogP contribution in [0.2, 0.25) is 0 Å². The largest absolute Gasteiger partial charge is 0.489 e. The van der Waals surface area contributed by atoms with Crippen LogP contribution >= 0.6 is 15.9 Å². The first-order valence-electron chi connectivity index (χ1n) is 5.78. The van der Waals surface area contributed by atoms with Gasteiger partial charge in [0.15, 0.2) is 0 Å². The van der Waals surface area contributed by atoms with Crippen LogP contribution in [0, 0.1) is 6.92 Å². The summed E-state index contributed by atoms with van der Waals surface area (Å²) < 4.78 is 6.46. The number of ether oxygens (including phenoxy) is 1. The minimum atomic E-state index is -0.938. The number of aryl methyl sites for hydroxylation is 1. The number of halogens is 1. The Morgan fingerprint density at radius 2 is 2.00 bits per heavy atom. The highest BCUT2D eigenvalue weighted by atomic mass is 79.9. The first-order chi connectivity index (χ1) is 9.08. The van der Waals surface area contributed by atoms with Gasteiger partial charge in [-0.25, -0.2) is 4.79 Å². The summed E-state index contributed by atoms with van der Waals surface area (Å²) in [6, 6.07) is 12.7. The molecule has 1 N–H and O–H groups in total. The molecule has 0 unspecified atom stereocenters. The van der Waals surface area contributed by atoms with Crippen molar-refractivity contribution in [3.05, 3.63) is 63.6 Å². The number of hydrogen-bond donors (Lipinski definition) is 1. The van der Waals surface area contributed by atoms with Gasteiger partial charge in [-0.3, -0.25) is 0 Å². The molecule has 0 radical (unpaired) electrons. The second-order valence-corrected chi connectivity index (χ2v) is 5.02. The van der Waals surface area contributed by atoms with Crippen LogP contribution in [0.25, 0.3) is 0 Å². The molecule has 0 aliphatic heterocycles. The maximum atomic E-state index is 10.8. The molecule has 0 atom stereocenters. The van der Waals surface area contributed by atoms with Crippen LogP contribution in [0.1, 0.15) is 21.5 Å². The molecule has 0 fully saturated rings. The molecule has 4 heteroatoms. The Kier molecular flexibility index (Phi) is 4.22. The Labute approximate surface area is 120 Å². The summed E-state index contributed by atoms with van der Waals surface area (Å²) in [6.07, 6.45) is 0. The molecule has 2 rings (SSSR count). The van der Waals surface area contributed by atoms with Crippen molar-refractivity contribution >= 4 is 21.9 Å². The van der Waals surface area contributed by atoms with Gasteiger partial charge < -0.3 is 9.84 Å². The Morgan fingerprint density at radius 1 is 1.26 bits per heavy atom. The third kappa shape index (κ3) is 3.35. The number of hydrogen-bond acceptors (Lipinski definition) is 2. The predicted octanol–water partition coefficient (Wildman–Crippen LogP) is 4.03. The van der Waals surface area contributed by atoms with Crippen molar-refractivity contribution in [2.45, 2.75) is 13.5 Å². The SMILES string of the molecule is Cc1ccccc1OCc1ccc(C(=O)O)cc1Br. The monoisotopic (exact) mass is 320 g/mol. The Morgan fingerprint density at radius 3 is 2.63 bits per heavy atom. The summed E-state index contributed by atoms with van der Waals surface area (Å²) in [5.74, 6) is -0.108.